The highest BCUT2D eigenvalue weighted by Gasteiger charge is 2.00. The number of nitrogens with zero attached hydrogens (tertiary/aromatic N) is 1. The second kappa shape index (κ2) is 7.44. The van der Waals surface area contributed by atoms with Crippen LogP contribution in [0.25, 0.3) is 11.6 Å². The average molecular weight is 263 g/mol. The minimum atomic E-state index is 0.869. The maximum atomic E-state index is 4.19. The second-order valence-corrected chi connectivity index (χ2v) is 4.95. The topological polar surface area (TPSA) is 12.9 Å². The van der Waals surface area contributed by atoms with E-state index in [1.165, 1.54) is 23.1 Å². The lowest BCUT2D eigenvalue weighted by Gasteiger charge is -2.06. The van der Waals surface area contributed by atoms with Crippen molar-refractivity contribution in [1.29, 1.82) is 0 Å². The van der Waals surface area contributed by atoms with Gasteiger partial charge in [0.05, 0.1) is 0 Å². The number of pyridine rings is 1. The van der Waals surface area contributed by atoms with Crippen LogP contribution in [0.1, 0.15) is 36.5 Å². The van der Waals surface area contributed by atoms with E-state index in [1.807, 2.05) is 24.5 Å². The van der Waals surface area contributed by atoms with Gasteiger partial charge in [-0.15, -0.1) is 0 Å². The van der Waals surface area contributed by atoms with Gasteiger partial charge in [0.2, 0.25) is 0 Å². The van der Waals surface area contributed by atoms with Gasteiger partial charge in [0.15, 0.2) is 0 Å². The van der Waals surface area contributed by atoms with E-state index in [9.17, 15) is 0 Å². The first kappa shape index (κ1) is 14.3. The molecule has 0 saturated carbocycles. The van der Waals surface area contributed by atoms with Crippen LogP contribution in [0.15, 0.2) is 61.4 Å². The first-order chi connectivity index (χ1) is 9.79. The molecule has 1 aromatic heterocycles. The number of hydrogen-bond donors (Lipinski definition) is 0. The van der Waals surface area contributed by atoms with Gasteiger partial charge in [-0.3, -0.25) is 4.98 Å². The number of hydrogen-bond acceptors (Lipinski definition) is 1. The summed E-state index contributed by atoms with van der Waals surface area (Å²) in [5.41, 5.74) is 4.84. The summed E-state index contributed by atoms with van der Waals surface area (Å²) in [6, 6.07) is 12.7. The molecule has 102 valence electrons. The maximum absolute atomic E-state index is 4.19. The molecule has 0 atom stereocenters. The average Bonchev–Trinajstić information content (AvgIpc) is 2.49. The number of rotatable bonds is 6. The molecular formula is C19H21N. The molecule has 2 aromatic rings. The van der Waals surface area contributed by atoms with Gasteiger partial charge < -0.3 is 0 Å². The molecule has 0 saturated heterocycles. The Bertz CT molecular complexity index is 564. The third-order valence-corrected chi connectivity index (χ3v) is 3.25. The molecule has 0 N–H and O–H groups in total. The van der Waals surface area contributed by atoms with Gasteiger partial charge in [0, 0.05) is 12.4 Å². The van der Waals surface area contributed by atoms with Gasteiger partial charge in [-0.1, -0.05) is 56.3 Å². The highest BCUT2D eigenvalue weighted by molar-refractivity contribution is 5.67. The fourth-order valence-electron chi connectivity index (χ4n) is 2.07. The lowest BCUT2D eigenvalue weighted by molar-refractivity contribution is 0.962. The van der Waals surface area contributed by atoms with Crippen LogP contribution in [0.5, 0.6) is 0 Å². The Morgan fingerprint density at radius 2 is 1.80 bits per heavy atom. The van der Waals surface area contributed by atoms with Crippen molar-refractivity contribution in [3.05, 3.63) is 78.1 Å². The van der Waals surface area contributed by atoms with Crippen molar-refractivity contribution in [3.63, 3.8) is 0 Å². The highest BCUT2D eigenvalue weighted by atomic mass is 14.6. The van der Waals surface area contributed by atoms with Crippen LogP contribution in [-0.4, -0.2) is 4.98 Å². The molecule has 1 heterocycles. The lowest BCUT2D eigenvalue weighted by Crippen LogP contribution is -1.90. The molecular weight excluding hydrogens is 242 g/mol. The van der Waals surface area contributed by atoms with Crippen LogP contribution in [0.2, 0.25) is 0 Å². The molecule has 20 heavy (non-hydrogen) atoms. The smallest absolute Gasteiger partial charge is 0.0270 e. The number of unbranched alkanes of at least 4 members (excludes halogenated alkanes) is 1. The fraction of sp³-hybridized carbons (Fsp3) is 0.211. The van der Waals surface area contributed by atoms with Gasteiger partial charge in [0.1, 0.15) is 0 Å². The Balaban J connectivity index is 2.00. The molecule has 0 aliphatic rings. The summed E-state index contributed by atoms with van der Waals surface area (Å²) >= 11 is 0. The zero-order valence-electron chi connectivity index (χ0n) is 12.0. The molecule has 1 heteroatoms. The van der Waals surface area contributed by atoms with Crippen molar-refractivity contribution in [1.82, 2.24) is 4.98 Å². The minimum Gasteiger partial charge on any atom is -0.265 e. The van der Waals surface area contributed by atoms with Gasteiger partial charge in [-0.2, -0.15) is 0 Å². The summed E-state index contributed by atoms with van der Waals surface area (Å²) in [7, 11) is 0. The van der Waals surface area contributed by atoms with Gasteiger partial charge in [-0.25, -0.2) is 0 Å². The second-order valence-electron chi connectivity index (χ2n) is 4.95. The van der Waals surface area contributed by atoms with E-state index in [2.05, 4.69) is 54.9 Å². The Labute approximate surface area is 121 Å². The van der Waals surface area contributed by atoms with Crippen LogP contribution >= 0.6 is 0 Å². The van der Waals surface area contributed by atoms with Crippen molar-refractivity contribution < 1.29 is 0 Å². The van der Waals surface area contributed by atoms with Crippen molar-refractivity contribution >= 4 is 11.6 Å². The summed E-state index contributed by atoms with van der Waals surface area (Å²) in [5, 5.41) is 0. The number of allylic oxidation sites excluding steroid dienone is 2. The van der Waals surface area contributed by atoms with Gasteiger partial charge in [0.25, 0.3) is 0 Å². The van der Waals surface area contributed by atoms with Crippen LogP contribution in [0.4, 0.5) is 0 Å². The molecule has 0 bridgehead atoms. The normalized spacial score (nSPS) is 10.8. The van der Waals surface area contributed by atoms with Gasteiger partial charge >= 0.3 is 0 Å². The maximum Gasteiger partial charge on any atom is 0.0270 e. The molecule has 0 fully saturated rings. The number of benzene rings is 1. The zero-order chi connectivity index (χ0) is 14.2. The molecule has 2 rings (SSSR count). The summed E-state index contributed by atoms with van der Waals surface area (Å²) in [4.78, 5) is 4.04. The van der Waals surface area contributed by atoms with Crippen LogP contribution in [0.3, 0.4) is 0 Å². The van der Waals surface area contributed by atoms with Crippen molar-refractivity contribution in [2.24, 2.45) is 0 Å². The van der Waals surface area contributed by atoms with Crippen molar-refractivity contribution in [2.75, 3.05) is 0 Å². The van der Waals surface area contributed by atoms with E-state index >= 15 is 0 Å². The third-order valence-electron chi connectivity index (χ3n) is 3.25. The molecule has 0 radical (unpaired) electrons. The van der Waals surface area contributed by atoms with Gasteiger partial charge in [-0.05, 0) is 47.2 Å². The minimum absolute atomic E-state index is 0.869. The van der Waals surface area contributed by atoms with E-state index in [4.69, 9.17) is 0 Å². The molecule has 0 aliphatic heterocycles. The predicted octanol–water partition coefficient (Wildman–Crippen LogP) is 5.15. The van der Waals surface area contributed by atoms with Crippen molar-refractivity contribution in [3.8, 4) is 0 Å². The van der Waals surface area contributed by atoms with E-state index in [0.717, 1.165) is 18.4 Å². The van der Waals surface area contributed by atoms with E-state index in [1.54, 1.807) is 0 Å². The predicted molar refractivity (Wildman–Crippen MR) is 87.4 cm³/mol. The Morgan fingerprint density at radius 3 is 2.45 bits per heavy atom. The molecule has 0 unspecified atom stereocenters. The Kier molecular flexibility index (Phi) is 5.31. The molecule has 0 aliphatic carbocycles. The van der Waals surface area contributed by atoms with Crippen LogP contribution < -0.4 is 0 Å². The number of aromatic nitrogens is 1. The largest absolute Gasteiger partial charge is 0.265 e. The van der Waals surface area contributed by atoms with E-state index in [0.29, 0.717) is 0 Å². The monoisotopic (exact) mass is 263 g/mol. The molecule has 1 nitrogen and oxygen atoms in total. The fourth-order valence-corrected chi connectivity index (χ4v) is 2.07. The third kappa shape index (κ3) is 4.20. The first-order valence-electron chi connectivity index (χ1n) is 7.13. The van der Waals surface area contributed by atoms with E-state index < -0.39 is 0 Å². The van der Waals surface area contributed by atoms with Crippen LogP contribution in [0, 0.1) is 0 Å². The standard InChI is InChI=1S/C19H21N/c1-3-4-5-6-17-7-9-19(10-8-17)16(2)15-18-11-13-20-14-12-18/h5-14H,2-4,15H2,1H3/b6-5+. The SMILES string of the molecule is C=C(Cc1ccncc1)c1ccc(/C=C/CCC)cc1. The highest BCUT2D eigenvalue weighted by Crippen LogP contribution is 2.18. The first-order valence-corrected chi connectivity index (χ1v) is 7.13. The summed E-state index contributed by atoms with van der Waals surface area (Å²) in [6.45, 7) is 6.38. The van der Waals surface area contributed by atoms with Crippen molar-refractivity contribution in [2.45, 2.75) is 26.2 Å². The lowest BCUT2D eigenvalue weighted by atomic mass is 9.99. The summed E-state index contributed by atoms with van der Waals surface area (Å²) in [5.74, 6) is 0. The molecule has 0 spiro atoms. The quantitative estimate of drug-likeness (QED) is 0.702. The Morgan fingerprint density at radius 1 is 1.10 bits per heavy atom. The summed E-state index contributed by atoms with van der Waals surface area (Å²) in [6.07, 6.45) is 11.2. The zero-order valence-corrected chi connectivity index (χ0v) is 12.0. The molecule has 1 aromatic carbocycles. The summed E-state index contributed by atoms with van der Waals surface area (Å²) < 4.78 is 0. The Hall–Kier alpha value is -2.15. The molecule has 0 amide bonds. The van der Waals surface area contributed by atoms with Crippen LogP contribution in [-0.2, 0) is 6.42 Å². The van der Waals surface area contributed by atoms with E-state index in [-0.39, 0.29) is 0 Å².